The minimum atomic E-state index is 0.209. The van der Waals surface area contributed by atoms with Crippen molar-refractivity contribution in [2.24, 2.45) is 5.92 Å². The zero-order chi connectivity index (χ0) is 10.7. The van der Waals surface area contributed by atoms with Crippen LogP contribution in [0.2, 0.25) is 0 Å². The molecule has 2 rings (SSSR count). The summed E-state index contributed by atoms with van der Waals surface area (Å²) in [7, 11) is 0. The van der Waals surface area contributed by atoms with E-state index in [-0.39, 0.29) is 5.38 Å². The predicted octanol–water partition coefficient (Wildman–Crippen LogP) is 1.48. The first-order chi connectivity index (χ1) is 7.31. The van der Waals surface area contributed by atoms with E-state index in [1.165, 1.54) is 0 Å². The molecule has 2 atom stereocenters. The van der Waals surface area contributed by atoms with Gasteiger partial charge < -0.3 is 4.74 Å². The van der Waals surface area contributed by atoms with Crippen molar-refractivity contribution in [2.45, 2.75) is 31.7 Å². The van der Waals surface area contributed by atoms with E-state index in [2.05, 4.69) is 17.0 Å². The highest BCUT2D eigenvalue weighted by atomic mass is 35.5. The lowest BCUT2D eigenvalue weighted by Gasteiger charge is -2.26. The summed E-state index contributed by atoms with van der Waals surface area (Å²) in [6, 6.07) is 0. The van der Waals surface area contributed by atoms with Crippen LogP contribution in [0.1, 0.15) is 19.2 Å². The molecule has 0 bridgehead atoms. The average Bonchev–Trinajstić information content (AvgIpc) is 2.69. The van der Waals surface area contributed by atoms with Crippen molar-refractivity contribution >= 4 is 11.6 Å². The highest BCUT2D eigenvalue weighted by molar-refractivity contribution is 6.20. The first-order valence-corrected chi connectivity index (χ1v) is 5.83. The minimum Gasteiger partial charge on any atom is -0.381 e. The van der Waals surface area contributed by atoms with Gasteiger partial charge in [-0.15, -0.1) is 11.6 Å². The lowest BCUT2D eigenvalue weighted by molar-refractivity contribution is 0.0567. The van der Waals surface area contributed by atoms with Gasteiger partial charge in [0.2, 0.25) is 0 Å². The van der Waals surface area contributed by atoms with Crippen molar-refractivity contribution in [3.8, 4) is 0 Å². The molecule has 0 amide bonds. The lowest BCUT2D eigenvalue weighted by atomic mass is 9.97. The van der Waals surface area contributed by atoms with Gasteiger partial charge in [-0.05, 0) is 13.3 Å². The highest BCUT2D eigenvalue weighted by Crippen LogP contribution is 2.23. The number of aromatic nitrogens is 3. The van der Waals surface area contributed by atoms with E-state index >= 15 is 0 Å². The SMILES string of the molecule is CCn1ncnc1CC1COCCC1Cl. The summed E-state index contributed by atoms with van der Waals surface area (Å²) in [5.41, 5.74) is 0. The number of hydrogen-bond acceptors (Lipinski definition) is 3. The van der Waals surface area contributed by atoms with Crippen LogP contribution in [-0.4, -0.2) is 33.4 Å². The molecule has 5 heteroatoms. The van der Waals surface area contributed by atoms with E-state index in [9.17, 15) is 0 Å². The maximum absolute atomic E-state index is 6.26. The molecule has 1 aliphatic heterocycles. The van der Waals surface area contributed by atoms with Gasteiger partial charge in [0.25, 0.3) is 0 Å². The fourth-order valence-corrected chi connectivity index (χ4v) is 2.15. The standard InChI is InChI=1S/C10H16ClN3O/c1-2-14-10(12-7-13-14)5-8-6-15-4-3-9(8)11/h7-9H,2-6H2,1H3. The van der Waals surface area contributed by atoms with E-state index in [0.717, 1.165) is 38.4 Å². The molecule has 0 N–H and O–H groups in total. The quantitative estimate of drug-likeness (QED) is 0.738. The molecule has 2 unspecified atom stereocenters. The molecule has 1 saturated heterocycles. The molecule has 2 heterocycles. The van der Waals surface area contributed by atoms with Crippen molar-refractivity contribution in [1.82, 2.24) is 14.8 Å². The van der Waals surface area contributed by atoms with Gasteiger partial charge in [0.15, 0.2) is 0 Å². The van der Waals surface area contributed by atoms with Gasteiger partial charge in [0.1, 0.15) is 12.2 Å². The van der Waals surface area contributed by atoms with Gasteiger partial charge in [0, 0.05) is 30.9 Å². The fraction of sp³-hybridized carbons (Fsp3) is 0.800. The second-order valence-electron chi connectivity index (χ2n) is 3.84. The maximum Gasteiger partial charge on any atom is 0.138 e. The third-order valence-corrected chi connectivity index (χ3v) is 3.40. The van der Waals surface area contributed by atoms with Crippen LogP contribution in [0.4, 0.5) is 0 Å². The van der Waals surface area contributed by atoms with Crippen molar-refractivity contribution in [3.63, 3.8) is 0 Å². The van der Waals surface area contributed by atoms with Crippen LogP contribution >= 0.6 is 11.6 Å². The van der Waals surface area contributed by atoms with Crippen LogP contribution in [0.3, 0.4) is 0 Å². The number of rotatable bonds is 3. The monoisotopic (exact) mass is 229 g/mol. The molecule has 1 aromatic rings. The molecular formula is C10H16ClN3O. The summed E-state index contributed by atoms with van der Waals surface area (Å²) >= 11 is 6.26. The molecule has 1 aliphatic rings. The molecule has 1 aromatic heterocycles. The first kappa shape index (κ1) is 10.9. The van der Waals surface area contributed by atoms with Crippen LogP contribution < -0.4 is 0 Å². The van der Waals surface area contributed by atoms with Crippen molar-refractivity contribution in [1.29, 1.82) is 0 Å². The summed E-state index contributed by atoms with van der Waals surface area (Å²) in [6.45, 7) is 4.44. The Morgan fingerprint density at radius 2 is 2.53 bits per heavy atom. The zero-order valence-corrected chi connectivity index (χ0v) is 9.65. The van der Waals surface area contributed by atoms with Crippen LogP contribution in [0.15, 0.2) is 6.33 Å². The molecule has 0 saturated carbocycles. The molecule has 0 radical (unpaired) electrons. The predicted molar refractivity (Wildman–Crippen MR) is 58.0 cm³/mol. The highest BCUT2D eigenvalue weighted by Gasteiger charge is 2.25. The minimum absolute atomic E-state index is 0.209. The van der Waals surface area contributed by atoms with Crippen LogP contribution in [0.5, 0.6) is 0 Å². The zero-order valence-electron chi connectivity index (χ0n) is 8.90. The Bertz CT molecular complexity index is 315. The Hall–Kier alpha value is -0.610. The van der Waals surface area contributed by atoms with E-state index in [0.29, 0.717) is 5.92 Å². The number of hydrogen-bond donors (Lipinski definition) is 0. The van der Waals surface area contributed by atoms with Crippen LogP contribution in [-0.2, 0) is 17.7 Å². The number of halogens is 1. The van der Waals surface area contributed by atoms with Gasteiger partial charge in [-0.25, -0.2) is 4.98 Å². The van der Waals surface area contributed by atoms with Gasteiger partial charge >= 0.3 is 0 Å². The third kappa shape index (κ3) is 2.49. The van der Waals surface area contributed by atoms with E-state index in [4.69, 9.17) is 16.3 Å². The van der Waals surface area contributed by atoms with Crippen LogP contribution in [0.25, 0.3) is 0 Å². The summed E-state index contributed by atoms with van der Waals surface area (Å²) in [5, 5.41) is 4.36. The molecule has 15 heavy (non-hydrogen) atoms. The lowest BCUT2D eigenvalue weighted by Crippen LogP contribution is -2.30. The molecule has 0 aromatic carbocycles. The molecular weight excluding hydrogens is 214 g/mol. The number of alkyl halides is 1. The van der Waals surface area contributed by atoms with Gasteiger partial charge in [-0.1, -0.05) is 0 Å². The number of aryl methyl sites for hydroxylation is 1. The van der Waals surface area contributed by atoms with E-state index in [1.54, 1.807) is 6.33 Å². The molecule has 0 spiro atoms. The number of nitrogens with zero attached hydrogens (tertiary/aromatic N) is 3. The van der Waals surface area contributed by atoms with Gasteiger partial charge in [-0.2, -0.15) is 5.10 Å². The second-order valence-corrected chi connectivity index (χ2v) is 4.40. The average molecular weight is 230 g/mol. The van der Waals surface area contributed by atoms with E-state index in [1.807, 2.05) is 4.68 Å². The van der Waals surface area contributed by atoms with Crippen molar-refractivity contribution in [2.75, 3.05) is 13.2 Å². The van der Waals surface area contributed by atoms with Crippen molar-refractivity contribution < 1.29 is 4.74 Å². The maximum atomic E-state index is 6.26. The Balaban J connectivity index is 2.01. The third-order valence-electron chi connectivity index (χ3n) is 2.82. The summed E-state index contributed by atoms with van der Waals surface area (Å²) in [6.07, 6.45) is 3.40. The molecule has 4 nitrogen and oxygen atoms in total. The van der Waals surface area contributed by atoms with Gasteiger partial charge in [-0.3, -0.25) is 4.68 Å². The second kappa shape index (κ2) is 4.94. The molecule has 0 aliphatic carbocycles. The van der Waals surface area contributed by atoms with Crippen LogP contribution in [0, 0.1) is 5.92 Å². The Labute approximate surface area is 94.6 Å². The summed E-state index contributed by atoms with van der Waals surface area (Å²) in [4.78, 5) is 4.25. The van der Waals surface area contributed by atoms with E-state index < -0.39 is 0 Å². The largest absolute Gasteiger partial charge is 0.381 e. The Kier molecular flexibility index (Phi) is 3.59. The Morgan fingerprint density at radius 3 is 3.27 bits per heavy atom. The summed E-state index contributed by atoms with van der Waals surface area (Å²) in [5.74, 6) is 1.38. The van der Waals surface area contributed by atoms with Crippen molar-refractivity contribution in [3.05, 3.63) is 12.2 Å². The number of ether oxygens (including phenoxy) is 1. The first-order valence-electron chi connectivity index (χ1n) is 5.39. The fourth-order valence-electron chi connectivity index (χ4n) is 1.90. The normalized spacial score (nSPS) is 26.8. The Morgan fingerprint density at radius 1 is 1.67 bits per heavy atom. The molecule has 84 valence electrons. The molecule has 1 fully saturated rings. The summed E-state index contributed by atoms with van der Waals surface area (Å²) < 4.78 is 7.35. The smallest absolute Gasteiger partial charge is 0.138 e. The topological polar surface area (TPSA) is 39.9 Å². The van der Waals surface area contributed by atoms with Gasteiger partial charge in [0.05, 0.1) is 6.61 Å².